The first-order valence-electron chi connectivity index (χ1n) is 9.84. The van der Waals surface area contributed by atoms with E-state index in [4.69, 9.17) is 4.74 Å². The highest BCUT2D eigenvalue weighted by Gasteiger charge is 2.24. The smallest absolute Gasteiger partial charge is 0.322 e. The van der Waals surface area contributed by atoms with E-state index in [1.165, 1.54) is 6.07 Å². The molecule has 0 radical (unpaired) electrons. The highest BCUT2D eigenvalue weighted by Crippen LogP contribution is 2.22. The highest BCUT2D eigenvalue weighted by atomic mass is 19.1. The van der Waals surface area contributed by atoms with Gasteiger partial charge in [-0.3, -0.25) is 0 Å². The number of piperazine rings is 1. The standard InChI is InChI=1S/C20H25FN6O2/c1-15-22-18(14-19(23-15)26-10-12-29-13-11-26)25-6-8-27(9-7-25)20(28)24-17-5-3-2-4-16(17)21/h2-5,14H,6-13H2,1H3,(H,24,28). The number of nitrogens with zero attached hydrogens (tertiary/aromatic N) is 5. The molecule has 2 fully saturated rings. The van der Waals surface area contributed by atoms with Gasteiger partial charge in [-0.25, -0.2) is 19.2 Å². The summed E-state index contributed by atoms with van der Waals surface area (Å²) in [6.45, 7) is 7.33. The minimum absolute atomic E-state index is 0.196. The van der Waals surface area contributed by atoms with Crippen LogP contribution in [0.3, 0.4) is 0 Å². The van der Waals surface area contributed by atoms with E-state index in [1.54, 1.807) is 23.1 Å². The van der Waals surface area contributed by atoms with Crippen molar-refractivity contribution in [3.8, 4) is 0 Å². The number of rotatable bonds is 3. The number of para-hydroxylation sites is 1. The molecule has 2 aromatic rings. The number of carbonyl (C=O) groups excluding carboxylic acids is 1. The number of carbonyl (C=O) groups is 1. The van der Waals surface area contributed by atoms with Gasteiger partial charge in [0.15, 0.2) is 0 Å². The quantitative estimate of drug-likeness (QED) is 0.851. The molecule has 0 aliphatic carbocycles. The molecule has 0 bridgehead atoms. The SMILES string of the molecule is Cc1nc(N2CCOCC2)cc(N2CCN(C(=O)Nc3ccccc3F)CC2)n1. The summed E-state index contributed by atoms with van der Waals surface area (Å²) in [7, 11) is 0. The van der Waals surface area contributed by atoms with Gasteiger partial charge in [0.05, 0.1) is 18.9 Å². The number of halogens is 1. The van der Waals surface area contributed by atoms with E-state index in [2.05, 4.69) is 25.1 Å². The predicted octanol–water partition coefficient (Wildman–Crippen LogP) is 2.11. The summed E-state index contributed by atoms with van der Waals surface area (Å²) in [4.78, 5) is 27.7. The van der Waals surface area contributed by atoms with Crippen molar-refractivity contribution in [1.29, 1.82) is 0 Å². The van der Waals surface area contributed by atoms with Gasteiger partial charge in [0.1, 0.15) is 23.3 Å². The summed E-state index contributed by atoms with van der Waals surface area (Å²) in [5.74, 6) is 2.07. The lowest BCUT2D eigenvalue weighted by Crippen LogP contribution is -2.50. The molecular weight excluding hydrogens is 375 g/mol. The van der Waals surface area contributed by atoms with Gasteiger partial charge in [-0.1, -0.05) is 12.1 Å². The molecule has 2 amide bonds. The molecular formula is C20H25FN6O2. The van der Waals surface area contributed by atoms with Gasteiger partial charge >= 0.3 is 6.03 Å². The summed E-state index contributed by atoms with van der Waals surface area (Å²) in [5.41, 5.74) is 0.196. The lowest BCUT2D eigenvalue weighted by Gasteiger charge is -2.36. The van der Waals surface area contributed by atoms with Crippen LogP contribution in [0.2, 0.25) is 0 Å². The van der Waals surface area contributed by atoms with Crippen molar-refractivity contribution < 1.29 is 13.9 Å². The van der Waals surface area contributed by atoms with Gasteiger partial charge in [-0.05, 0) is 19.1 Å². The molecule has 2 aliphatic rings. The number of amides is 2. The van der Waals surface area contributed by atoms with Crippen molar-refractivity contribution in [3.63, 3.8) is 0 Å². The van der Waals surface area contributed by atoms with E-state index in [0.717, 1.165) is 30.5 Å². The molecule has 0 spiro atoms. The number of anilines is 3. The minimum atomic E-state index is -0.438. The normalized spacial score (nSPS) is 17.4. The summed E-state index contributed by atoms with van der Waals surface area (Å²) in [6, 6.07) is 7.89. The average Bonchev–Trinajstić information content (AvgIpc) is 2.75. The van der Waals surface area contributed by atoms with Gasteiger partial charge in [0, 0.05) is 45.3 Å². The summed E-state index contributed by atoms with van der Waals surface area (Å²) in [6.07, 6.45) is 0. The molecule has 29 heavy (non-hydrogen) atoms. The number of benzene rings is 1. The molecule has 2 saturated heterocycles. The summed E-state index contributed by atoms with van der Waals surface area (Å²) < 4.78 is 19.2. The van der Waals surface area contributed by atoms with Crippen molar-refractivity contribution in [1.82, 2.24) is 14.9 Å². The summed E-state index contributed by atoms with van der Waals surface area (Å²) >= 11 is 0. The Labute approximate surface area is 169 Å². The van der Waals surface area contributed by atoms with E-state index in [0.29, 0.717) is 39.4 Å². The third-order valence-corrected chi connectivity index (χ3v) is 5.15. The number of urea groups is 1. The van der Waals surface area contributed by atoms with E-state index >= 15 is 0 Å². The molecule has 2 aliphatic heterocycles. The maximum Gasteiger partial charge on any atom is 0.322 e. The Hall–Kier alpha value is -2.94. The van der Waals surface area contributed by atoms with Crippen LogP contribution in [0.1, 0.15) is 5.82 Å². The van der Waals surface area contributed by atoms with Gasteiger partial charge < -0.3 is 24.8 Å². The first kappa shape index (κ1) is 19.4. The Morgan fingerprint density at radius 2 is 1.62 bits per heavy atom. The Kier molecular flexibility index (Phi) is 5.75. The zero-order valence-electron chi connectivity index (χ0n) is 16.5. The van der Waals surface area contributed by atoms with Crippen LogP contribution in [-0.4, -0.2) is 73.4 Å². The molecule has 9 heteroatoms. The van der Waals surface area contributed by atoms with Crippen LogP contribution in [0.15, 0.2) is 30.3 Å². The molecule has 0 saturated carbocycles. The molecule has 0 unspecified atom stereocenters. The third kappa shape index (κ3) is 4.56. The number of nitrogens with one attached hydrogen (secondary N) is 1. The van der Waals surface area contributed by atoms with Crippen LogP contribution in [-0.2, 0) is 4.74 Å². The molecule has 1 aromatic heterocycles. The summed E-state index contributed by atoms with van der Waals surface area (Å²) in [5, 5.41) is 2.65. The van der Waals surface area contributed by atoms with E-state index < -0.39 is 5.82 Å². The number of hydrogen-bond acceptors (Lipinski definition) is 6. The lowest BCUT2D eigenvalue weighted by molar-refractivity contribution is 0.122. The number of ether oxygens (including phenoxy) is 1. The van der Waals surface area contributed by atoms with Gasteiger partial charge in [-0.15, -0.1) is 0 Å². The maximum atomic E-state index is 13.8. The number of aryl methyl sites for hydroxylation is 1. The van der Waals surface area contributed by atoms with Gasteiger partial charge in [0.2, 0.25) is 0 Å². The number of aromatic nitrogens is 2. The van der Waals surface area contributed by atoms with Crippen LogP contribution in [0.5, 0.6) is 0 Å². The van der Waals surface area contributed by atoms with Crippen LogP contribution in [0.25, 0.3) is 0 Å². The number of hydrogen-bond donors (Lipinski definition) is 1. The average molecular weight is 400 g/mol. The third-order valence-electron chi connectivity index (χ3n) is 5.15. The molecule has 0 atom stereocenters. The van der Waals surface area contributed by atoms with Crippen molar-refractivity contribution >= 4 is 23.4 Å². The Balaban J connectivity index is 1.38. The Morgan fingerprint density at radius 3 is 2.28 bits per heavy atom. The maximum absolute atomic E-state index is 13.8. The van der Waals surface area contributed by atoms with Crippen LogP contribution >= 0.6 is 0 Å². The predicted molar refractivity (Wildman–Crippen MR) is 109 cm³/mol. The van der Waals surface area contributed by atoms with E-state index in [9.17, 15) is 9.18 Å². The second-order valence-electron chi connectivity index (χ2n) is 7.12. The monoisotopic (exact) mass is 400 g/mol. The minimum Gasteiger partial charge on any atom is -0.378 e. The van der Waals surface area contributed by atoms with Crippen molar-refractivity contribution in [2.45, 2.75) is 6.92 Å². The van der Waals surface area contributed by atoms with Crippen LogP contribution in [0.4, 0.5) is 26.5 Å². The Bertz CT molecular complexity index is 866. The van der Waals surface area contributed by atoms with E-state index in [1.807, 2.05) is 13.0 Å². The van der Waals surface area contributed by atoms with Gasteiger partial charge in [-0.2, -0.15) is 0 Å². The molecule has 1 N–H and O–H groups in total. The zero-order chi connectivity index (χ0) is 20.2. The lowest BCUT2D eigenvalue weighted by atomic mass is 10.3. The molecule has 4 rings (SSSR count). The molecule has 154 valence electrons. The topological polar surface area (TPSA) is 73.8 Å². The fraction of sp³-hybridized carbons (Fsp3) is 0.450. The zero-order valence-corrected chi connectivity index (χ0v) is 16.5. The second kappa shape index (κ2) is 8.60. The highest BCUT2D eigenvalue weighted by molar-refractivity contribution is 5.89. The van der Waals surface area contributed by atoms with Crippen LogP contribution in [0, 0.1) is 12.7 Å². The van der Waals surface area contributed by atoms with Crippen molar-refractivity contribution in [2.75, 3.05) is 67.6 Å². The van der Waals surface area contributed by atoms with Crippen molar-refractivity contribution in [2.24, 2.45) is 0 Å². The van der Waals surface area contributed by atoms with Crippen molar-refractivity contribution in [3.05, 3.63) is 42.0 Å². The largest absolute Gasteiger partial charge is 0.378 e. The van der Waals surface area contributed by atoms with Gasteiger partial charge in [0.25, 0.3) is 0 Å². The molecule has 8 nitrogen and oxygen atoms in total. The second-order valence-corrected chi connectivity index (χ2v) is 7.12. The number of morpholine rings is 1. The first-order chi connectivity index (χ1) is 14.1. The Morgan fingerprint density at radius 1 is 1.00 bits per heavy atom. The molecule has 1 aromatic carbocycles. The first-order valence-corrected chi connectivity index (χ1v) is 9.84. The van der Waals surface area contributed by atoms with Crippen LogP contribution < -0.4 is 15.1 Å². The fourth-order valence-corrected chi connectivity index (χ4v) is 3.55. The van der Waals surface area contributed by atoms with E-state index in [-0.39, 0.29) is 11.7 Å². The molecule has 3 heterocycles. The fourth-order valence-electron chi connectivity index (χ4n) is 3.55.